The summed E-state index contributed by atoms with van der Waals surface area (Å²) >= 11 is 1.33. The van der Waals surface area contributed by atoms with Crippen LogP contribution in [0.5, 0.6) is 0 Å². The summed E-state index contributed by atoms with van der Waals surface area (Å²) in [6.45, 7) is 4.26. The lowest BCUT2D eigenvalue weighted by Gasteiger charge is -2.32. The normalized spacial score (nSPS) is 17.6. The summed E-state index contributed by atoms with van der Waals surface area (Å²) in [5.74, 6) is -1.09. The molecule has 1 spiro atoms. The average molecular weight is 570 g/mol. The molecule has 1 unspecified atom stereocenters. The van der Waals surface area contributed by atoms with Gasteiger partial charge in [-0.3, -0.25) is 19.3 Å². The van der Waals surface area contributed by atoms with Gasteiger partial charge in [0, 0.05) is 5.56 Å². The SMILES string of the molecule is Cc1cc(C)c2nc(N3C(=O)c4oc5ccccc5c(=O)c4C34C(=O)N(Cc3ccccc3)c3ccccc34)sc2c1. The molecule has 0 bridgehead atoms. The first-order valence-corrected chi connectivity index (χ1v) is 14.5. The van der Waals surface area contributed by atoms with Crippen molar-refractivity contribution in [1.82, 2.24) is 4.98 Å². The molecule has 1 atom stereocenters. The highest BCUT2D eigenvalue weighted by molar-refractivity contribution is 7.22. The van der Waals surface area contributed by atoms with Gasteiger partial charge in [0.2, 0.25) is 5.76 Å². The number of rotatable bonds is 3. The van der Waals surface area contributed by atoms with Crippen molar-refractivity contribution in [2.75, 3.05) is 9.80 Å². The Morgan fingerprint density at radius 3 is 2.45 bits per heavy atom. The molecular formula is C34H23N3O4S. The number of aromatic nitrogens is 1. The number of carbonyl (C=O) groups excluding carboxylic acids is 2. The molecule has 0 saturated carbocycles. The summed E-state index contributed by atoms with van der Waals surface area (Å²) < 4.78 is 7.08. The summed E-state index contributed by atoms with van der Waals surface area (Å²) in [4.78, 5) is 51.9. The average Bonchev–Trinajstić information content (AvgIpc) is 3.60. The molecule has 8 heteroatoms. The van der Waals surface area contributed by atoms with E-state index in [0.29, 0.717) is 27.4 Å². The van der Waals surface area contributed by atoms with Crippen LogP contribution in [0.2, 0.25) is 0 Å². The molecule has 0 radical (unpaired) electrons. The fourth-order valence-electron chi connectivity index (χ4n) is 6.49. The Morgan fingerprint density at radius 1 is 0.881 bits per heavy atom. The Kier molecular flexibility index (Phi) is 5.12. The highest BCUT2D eigenvalue weighted by Crippen LogP contribution is 2.55. The third kappa shape index (κ3) is 3.15. The first-order valence-electron chi connectivity index (χ1n) is 13.6. The molecule has 0 saturated heterocycles. The van der Waals surface area contributed by atoms with Crippen LogP contribution in [0.25, 0.3) is 21.2 Å². The van der Waals surface area contributed by atoms with E-state index in [0.717, 1.165) is 26.9 Å². The molecule has 2 aliphatic rings. The third-order valence-corrected chi connectivity index (χ3v) is 9.21. The summed E-state index contributed by atoms with van der Waals surface area (Å²) in [6, 6.07) is 27.9. The predicted molar refractivity (Wildman–Crippen MR) is 163 cm³/mol. The Balaban J connectivity index is 1.47. The van der Waals surface area contributed by atoms with E-state index in [1.165, 1.54) is 16.2 Å². The van der Waals surface area contributed by atoms with Crippen LogP contribution in [-0.2, 0) is 16.9 Å². The number of nitrogens with zero attached hydrogens (tertiary/aromatic N) is 3. The first-order chi connectivity index (χ1) is 20.4. The van der Waals surface area contributed by atoms with Crippen LogP contribution in [0.15, 0.2) is 100 Å². The lowest BCUT2D eigenvalue weighted by atomic mass is 9.84. The quantitative estimate of drug-likeness (QED) is 0.244. The van der Waals surface area contributed by atoms with Crippen LogP contribution in [-0.4, -0.2) is 16.8 Å². The molecule has 8 rings (SSSR count). The molecule has 0 aliphatic carbocycles. The topological polar surface area (TPSA) is 83.7 Å². The van der Waals surface area contributed by atoms with Crippen LogP contribution in [0.4, 0.5) is 10.8 Å². The number of benzene rings is 4. The van der Waals surface area contributed by atoms with Crippen LogP contribution in [0.1, 0.15) is 38.4 Å². The number of hydrogen-bond donors (Lipinski definition) is 0. The maximum absolute atomic E-state index is 15.0. The fraction of sp³-hybridized carbons (Fsp3) is 0.118. The van der Waals surface area contributed by atoms with Crippen LogP contribution < -0.4 is 15.2 Å². The van der Waals surface area contributed by atoms with Crippen molar-refractivity contribution < 1.29 is 14.0 Å². The highest BCUT2D eigenvalue weighted by Gasteiger charge is 2.66. The Morgan fingerprint density at radius 2 is 1.62 bits per heavy atom. The first kappa shape index (κ1) is 24.7. The van der Waals surface area contributed by atoms with Crippen LogP contribution >= 0.6 is 11.3 Å². The smallest absolute Gasteiger partial charge is 0.297 e. The summed E-state index contributed by atoms with van der Waals surface area (Å²) in [5.41, 5.74) is 3.04. The number of carbonyl (C=O) groups is 2. The number of para-hydroxylation sites is 2. The maximum Gasteiger partial charge on any atom is 0.297 e. The Hall–Kier alpha value is -5.08. The van der Waals surface area contributed by atoms with Crippen molar-refractivity contribution in [3.63, 3.8) is 0 Å². The molecule has 204 valence electrons. The van der Waals surface area contributed by atoms with Gasteiger partial charge in [-0.1, -0.05) is 78.1 Å². The maximum atomic E-state index is 15.0. The molecule has 6 aromatic rings. The van der Waals surface area contributed by atoms with Gasteiger partial charge in [-0.05, 0) is 54.8 Å². The number of thiazole rings is 1. The molecule has 4 heterocycles. The monoisotopic (exact) mass is 569 g/mol. The van der Waals surface area contributed by atoms with Gasteiger partial charge < -0.3 is 9.32 Å². The standard InChI is InChI=1S/C34H23N3O4S/c1-19-16-20(2)28-26(17-19)42-33(35-28)37-31(39)30-27(29(38)22-12-6-9-15-25(22)41-30)34(37)23-13-7-8-14-24(23)36(32(34)40)18-21-10-4-3-5-11-21/h3-17H,18H2,1-2H3. The third-order valence-electron chi connectivity index (χ3n) is 8.23. The van der Waals surface area contributed by atoms with Gasteiger partial charge >= 0.3 is 0 Å². The number of anilines is 2. The zero-order valence-corrected chi connectivity index (χ0v) is 23.6. The highest BCUT2D eigenvalue weighted by atomic mass is 32.1. The summed E-state index contributed by atoms with van der Waals surface area (Å²) in [5, 5.41) is 0.649. The van der Waals surface area contributed by atoms with Crippen LogP contribution in [0.3, 0.4) is 0 Å². The summed E-state index contributed by atoms with van der Waals surface area (Å²) in [7, 11) is 0. The molecular weight excluding hydrogens is 546 g/mol. The van der Waals surface area contributed by atoms with Crippen molar-refractivity contribution in [3.05, 3.63) is 135 Å². The lowest BCUT2D eigenvalue weighted by molar-refractivity contribution is -0.121. The van der Waals surface area contributed by atoms with Crippen LogP contribution in [0, 0.1) is 13.8 Å². The van der Waals surface area contributed by atoms with E-state index < -0.39 is 22.8 Å². The second-order valence-corrected chi connectivity index (χ2v) is 11.8. The minimum Gasteiger partial charge on any atom is -0.450 e. The van der Waals surface area contributed by atoms with Crippen molar-refractivity contribution in [2.24, 2.45) is 0 Å². The van der Waals surface area contributed by atoms with Gasteiger partial charge in [0.25, 0.3) is 11.8 Å². The van der Waals surface area contributed by atoms with E-state index in [1.54, 1.807) is 29.2 Å². The minimum absolute atomic E-state index is 0.0337. The molecule has 2 aliphatic heterocycles. The summed E-state index contributed by atoms with van der Waals surface area (Å²) in [6.07, 6.45) is 0. The van der Waals surface area contributed by atoms with Crippen molar-refractivity contribution >= 4 is 55.2 Å². The largest absolute Gasteiger partial charge is 0.450 e. The second kappa shape index (κ2) is 8.71. The van der Waals surface area contributed by atoms with E-state index >= 15 is 4.79 Å². The zero-order valence-electron chi connectivity index (χ0n) is 22.8. The van der Waals surface area contributed by atoms with E-state index in [1.807, 2.05) is 80.6 Å². The fourth-order valence-corrected chi connectivity index (χ4v) is 7.68. The molecule has 2 aromatic heterocycles. The molecule has 42 heavy (non-hydrogen) atoms. The van der Waals surface area contributed by atoms with E-state index in [9.17, 15) is 9.59 Å². The van der Waals surface area contributed by atoms with Gasteiger partial charge in [-0.25, -0.2) is 4.98 Å². The number of amides is 2. The molecule has 7 nitrogen and oxygen atoms in total. The molecule has 2 amide bonds. The van der Waals surface area contributed by atoms with E-state index in [2.05, 4.69) is 0 Å². The minimum atomic E-state index is -1.78. The van der Waals surface area contributed by atoms with Crippen molar-refractivity contribution in [1.29, 1.82) is 0 Å². The van der Waals surface area contributed by atoms with Crippen molar-refractivity contribution in [3.8, 4) is 0 Å². The van der Waals surface area contributed by atoms with Gasteiger partial charge in [-0.15, -0.1) is 0 Å². The van der Waals surface area contributed by atoms with Gasteiger partial charge in [0.05, 0.1) is 33.4 Å². The van der Waals surface area contributed by atoms with E-state index in [4.69, 9.17) is 9.40 Å². The Bertz CT molecular complexity index is 2190. The molecule has 0 N–H and O–H groups in total. The number of hydrogen-bond acceptors (Lipinski definition) is 6. The predicted octanol–water partition coefficient (Wildman–Crippen LogP) is 6.47. The number of aryl methyl sites for hydroxylation is 2. The molecule has 4 aromatic carbocycles. The Labute approximate surface area is 244 Å². The molecule has 0 fully saturated rings. The van der Waals surface area contributed by atoms with E-state index in [-0.39, 0.29) is 17.9 Å². The second-order valence-electron chi connectivity index (χ2n) is 10.8. The van der Waals surface area contributed by atoms with Gasteiger partial charge in [0.1, 0.15) is 5.58 Å². The van der Waals surface area contributed by atoms with Gasteiger partial charge in [0.15, 0.2) is 16.1 Å². The van der Waals surface area contributed by atoms with Gasteiger partial charge in [-0.2, -0.15) is 0 Å². The number of fused-ring (bicyclic) bond motifs is 6. The lowest BCUT2D eigenvalue weighted by Crippen LogP contribution is -2.53. The zero-order chi connectivity index (χ0) is 28.7. The van der Waals surface area contributed by atoms with Crippen molar-refractivity contribution in [2.45, 2.75) is 25.9 Å².